The van der Waals surface area contributed by atoms with Crippen LogP contribution in [0.3, 0.4) is 0 Å². The molecule has 0 bridgehead atoms. The molecule has 1 aliphatic rings. The van der Waals surface area contributed by atoms with Gasteiger partial charge in [0.25, 0.3) is 0 Å². The molecule has 0 aliphatic heterocycles. The number of hydrogen-bond donors (Lipinski definition) is 1. The second kappa shape index (κ2) is 5.41. The number of ether oxygens (including phenoxy) is 2. The fourth-order valence-corrected chi connectivity index (χ4v) is 2.18. The van der Waals surface area contributed by atoms with Crippen LogP contribution in [0.1, 0.15) is 19.3 Å². The van der Waals surface area contributed by atoms with Gasteiger partial charge in [-0.15, -0.1) is 0 Å². The highest BCUT2D eigenvalue weighted by Crippen LogP contribution is 2.48. The quantitative estimate of drug-likeness (QED) is 0.787. The maximum atomic E-state index is 5.80. The van der Waals surface area contributed by atoms with Gasteiger partial charge < -0.3 is 14.8 Å². The van der Waals surface area contributed by atoms with Gasteiger partial charge in [-0.05, 0) is 43.9 Å². The van der Waals surface area contributed by atoms with E-state index < -0.39 is 0 Å². The van der Waals surface area contributed by atoms with E-state index in [9.17, 15) is 0 Å². The van der Waals surface area contributed by atoms with Gasteiger partial charge in [-0.1, -0.05) is 12.1 Å². The van der Waals surface area contributed by atoms with E-state index in [1.54, 1.807) is 7.11 Å². The lowest BCUT2D eigenvalue weighted by molar-refractivity contribution is 0.255. The minimum Gasteiger partial charge on any atom is -0.493 e. The highest BCUT2D eigenvalue weighted by molar-refractivity contribution is 5.39. The zero-order valence-electron chi connectivity index (χ0n) is 10.7. The van der Waals surface area contributed by atoms with Crippen LogP contribution in [0.5, 0.6) is 11.5 Å². The van der Waals surface area contributed by atoms with Crippen molar-refractivity contribution >= 4 is 0 Å². The number of methoxy groups -OCH3 is 1. The lowest BCUT2D eigenvalue weighted by Crippen LogP contribution is -2.22. The lowest BCUT2D eigenvalue weighted by atomic mass is 10.0. The van der Waals surface area contributed by atoms with Crippen molar-refractivity contribution in [1.29, 1.82) is 0 Å². The van der Waals surface area contributed by atoms with Crippen LogP contribution in [-0.2, 0) is 0 Å². The molecular formula is C14H21NO2. The normalized spacial score (nSPS) is 16.6. The van der Waals surface area contributed by atoms with Gasteiger partial charge in [0.2, 0.25) is 0 Å². The molecule has 2 rings (SSSR count). The first-order valence-electron chi connectivity index (χ1n) is 6.20. The van der Waals surface area contributed by atoms with E-state index in [2.05, 4.69) is 5.32 Å². The summed E-state index contributed by atoms with van der Waals surface area (Å²) < 4.78 is 11.1. The summed E-state index contributed by atoms with van der Waals surface area (Å²) in [6.45, 7) is 1.87. The zero-order chi connectivity index (χ0) is 12.1. The van der Waals surface area contributed by atoms with Gasteiger partial charge in [0.15, 0.2) is 11.5 Å². The van der Waals surface area contributed by atoms with Gasteiger partial charge in [0.05, 0.1) is 13.7 Å². The van der Waals surface area contributed by atoms with Crippen molar-refractivity contribution in [1.82, 2.24) is 5.32 Å². The molecule has 0 atom stereocenters. The van der Waals surface area contributed by atoms with Crippen LogP contribution in [0, 0.1) is 5.41 Å². The third kappa shape index (κ3) is 3.13. The summed E-state index contributed by atoms with van der Waals surface area (Å²) in [5.41, 5.74) is 0.497. The summed E-state index contributed by atoms with van der Waals surface area (Å²) in [6, 6.07) is 7.81. The van der Waals surface area contributed by atoms with Gasteiger partial charge in [-0.25, -0.2) is 0 Å². The van der Waals surface area contributed by atoms with E-state index in [4.69, 9.17) is 9.47 Å². The minimum atomic E-state index is 0.497. The topological polar surface area (TPSA) is 30.5 Å². The lowest BCUT2D eigenvalue weighted by Gasteiger charge is -2.15. The summed E-state index contributed by atoms with van der Waals surface area (Å²) in [7, 11) is 3.69. The highest BCUT2D eigenvalue weighted by Gasteiger charge is 2.41. The van der Waals surface area contributed by atoms with E-state index in [0.717, 1.165) is 31.1 Å². The zero-order valence-corrected chi connectivity index (χ0v) is 10.7. The largest absolute Gasteiger partial charge is 0.493 e. The highest BCUT2D eigenvalue weighted by atomic mass is 16.5. The van der Waals surface area contributed by atoms with Crippen LogP contribution in [0.4, 0.5) is 0 Å². The smallest absolute Gasteiger partial charge is 0.161 e. The van der Waals surface area contributed by atoms with E-state index in [1.165, 1.54) is 12.8 Å². The van der Waals surface area contributed by atoms with Crippen LogP contribution >= 0.6 is 0 Å². The third-order valence-electron chi connectivity index (χ3n) is 3.47. The standard InChI is InChI=1S/C14H21NO2/c1-15-11-14(7-8-14)9-10-17-13-6-4-3-5-12(13)16-2/h3-6,15H,7-11H2,1-2H3. The van der Waals surface area contributed by atoms with Crippen molar-refractivity contribution in [3.8, 4) is 11.5 Å². The Hall–Kier alpha value is -1.22. The van der Waals surface area contributed by atoms with E-state index in [-0.39, 0.29) is 0 Å². The maximum absolute atomic E-state index is 5.80. The molecule has 0 spiro atoms. The van der Waals surface area contributed by atoms with Crippen molar-refractivity contribution in [2.75, 3.05) is 27.3 Å². The molecule has 1 saturated carbocycles. The molecule has 3 nitrogen and oxygen atoms in total. The predicted octanol–water partition coefficient (Wildman–Crippen LogP) is 2.46. The molecule has 94 valence electrons. The van der Waals surface area contributed by atoms with Crippen LogP contribution in [0.2, 0.25) is 0 Å². The molecule has 0 heterocycles. The average molecular weight is 235 g/mol. The molecule has 0 aromatic heterocycles. The number of rotatable bonds is 7. The Kier molecular flexibility index (Phi) is 3.89. The first kappa shape index (κ1) is 12.2. The summed E-state index contributed by atoms with van der Waals surface area (Å²) in [5, 5.41) is 3.26. The second-order valence-corrected chi connectivity index (χ2v) is 4.78. The Bertz CT molecular complexity index is 361. The molecule has 0 radical (unpaired) electrons. The molecular weight excluding hydrogens is 214 g/mol. The number of nitrogens with one attached hydrogen (secondary N) is 1. The van der Waals surface area contributed by atoms with Crippen LogP contribution in [-0.4, -0.2) is 27.3 Å². The van der Waals surface area contributed by atoms with Crippen LogP contribution in [0.25, 0.3) is 0 Å². The maximum Gasteiger partial charge on any atom is 0.161 e. The van der Waals surface area contributed by atoms with Gasteiger partial charge >= 0.3 is 0 Å². The molecule has 1 N–H and O–H groups in total. The number of para-hydroxylation sites is 2. The van der Waals surface area contributed by atoms with Gasteiger partial charge in [-0.2, -0.15) is 0 Å². The fourth-order valence-electron chi connectivity index (χ4n) is 2.18. The predicted molar refractivity (Wildman–Crippen MR) is 68.7 cm³/mol. The summed E-state index contributed by atoms with van der Waals surface area (Å²) in [5.74, 6) is 1.65. The molecule has 3 heteroatoms. The average Bonchev–Trinajstić information content (AvgIpc) is 3.10. The fraction of sp³-hybridized carbons (Fsp3) is 0.571. The summed E-state index contributed by atoms with van der Waals surface area (Å²) in [4.78, 5) is 0. The second-order valence-electron chi connectivity index (χ2n) is 4.78. The van der Waals surface area contributed by atoms with E-state index in [1.807, 2.05) is 31.3 Å². The van der Waals surface area contributed by atoms with Crippen molar-refractivity contribution < 1.29 is 9.47 Å². The minimum absolute atomic E-state index is 0.497. The Labute approximate surface area is 103 Å². The number of hydrogen-bond acceptors (Lipinski definition) is 3. The van der Waals surface area contributed by atoms with Crippen LogP contribution < -0.4 is 14.8 Å². The third-order valence-corrected chi connectivity index (χ3v) is 3.47. The van der Waals surface area contributed by atoms with Crippen molar-refractivity contribution in [3.05, 3.63) is 24.3 Å². The Balaban J connectivity index is 1.82. The van der Waals surface area contributed by atoms with Crippen molar-refractivity contribution in [2.24, 2.45) is 5.41 Å². The number of benzene rings is 1. The van der Waals surface area contributed by atoms with E-state index >= 15 is 0 Å². The Morgan fingerprint density at radius 1 is 1.24 bits per heavy atom. The Morgan fingerprint density at radius 3 is 2.53 bits per heavy atom. The molecule has 1 fully saturated rings. The Morgan fingerprint density at radius 2 is 1.94 bits per heavy atom. The molecule has 1 aromatic carbocycles. The molecule has 0 unspecified atom stereocenters. The SMILES string of the molecule is CNCC1(CCOc2ccccc2OC)CC1. The van der Waals surface area contributed by atoms with E-state index in [0.29, 0.717) is 5.41 Å². The molecule has 17 heavy (non-hydrogen) atoms. The first-order valence-corrected chi connectivity index (χ1v) is 6.20. The van der Waals surface area contributed by atoms with Crippen molar-refractivity contribution in [3.63, 3.8) is 0 Å². The summed E-state index contributed by atoms with van der Waals surface area (Å²) in [6.07, 6.45) is 3.76. The van der Waals surface area contributed by atoms with Gasteiger partial charge in [0, 0.05) is 6.54 Å². The monoisotopic (exact) mass is 235 g/mol. The molecule has 1 aromatic rings. The molecule has 0 saturated heterocycles. The van der Waals surface area contributed by atoms with Gasteiger partial charge in [-0.3, -0.25) is 0 Å². The summed E-state index contributed by atoms with van der Waals surface area (Å²) >= 11 is 0. The van der Waals surface area contributed by atoms with Crippen molar-refractivity contribution in [2.45, 2.75) is 19.3 Å². The van der Waals surface area contributed by atoms with Crippen LogP contribution in [0.15, 0.2) is 24.3 Å². The molecule has 1 aliphatic carbocycles. The molecule has 0 amide bonds. The first-order chi connectivity index (χ1) is 8.29. The van der Waals surface area contributed by atoms with Gasteiger partial charge in [0.1, 0.15) is 0 Å².